The molecule has 5 nitrogen and oxygen atoms in total. The van der Waals surface area contributed by atoms with Crippen molar-refractivity contribution in [2.45, 2.75) is 18.0 Å². The van der Waals surface area contributed by atoms with Gasteiger partial charge in [-0.05, 0) is 23.3 Å². The Balaban J connectivity index is 1.79. The number of rotatable bonds is 6. The molecule has 0 radical (unpaired) electrons. The van der Waals surface area contributed by atoms with Crippen LogP contribution in [0.25, 0.3) is 0 Å². The van der Waals surface area contributed by atoms with Gasteiger partial charge in [0.1, 0.15) is 10.7 Å². The van der Waals surface area contributed by atoms with E-state index >= 15 is 0 Å². The van der Waals surface area contributed by atoms with Gasteiger partial charge in [0.25, 0.3) is 0 Å². The van der Waals surface area contributed by atoms with Crippen LogP contribution in [-0.4, -0.2) is 18.0 Å². The van der Waals surface area contributed by atoms with E-state index in [4.69, 9.17) is 0 Å². The lowest BCUT2D eigenvalue weighted by molar-refractivity contribution is 0.556. The van der Waals surface area contributed by atoms with E-state index in [0.717, 1.165) is 17.2 Å². The molecule has 3 aromatic rings. The molecule has 2 aromatic carbocycles. The SMILES string of the molecule is O=S(=O)(NCc1ccccc1Cn1ccnc1)c1ccccc1F. The van der Waals surface area contributed by atoms with Gasteiger partial charge < -0.3 is 4.57 Å². The number of aromatic nitrogens is 2. The molecule has 0 saturated carbocycles. The van der Waals surface area contributed by atoms with Crippen molar-refractivity contribution in [2.75, 3.05) is 0 Å². The van der Waals surface area contributed by atoms with Crippen molar-refractivity contribution in [1.82, 2.24) is 14.3 Å². The Kier molecular flexibility index (Phi) is 4.73. The van der Waals surface area contributed by atoms with Gasteiger partial charge in [0, 0.05) is 25.5 Å². The summed E-state index contributed by atoms with van der Waals surface area (Å²) in [7, 11) is -3.91. The minimum Gasteiger partial charge on any atom is -0.333 e. The third-order valence-corrected chi connectivity index (χ3v) is 5.04. The van der Waals surface area contributed by atoms with Crippen molar-refractivity contribution in [2.24, 2.45) is 0 Å². The van der Waals surface area contributed by atoms with Gasteiger partial charge in [0.15, 0.2) is 0 Å². The van der Waals surface area contributed by atoms with Crippen LogP contribution in [0.2, 0.25) is 0 Å². The minimum atomic E-state index is -3.91. The Morgan fingerprint density at radius 1 is 1.04 bits per heavy atom. The Bertz CT molecular complexity index is 925. The summed E-state index contributed by atoms with van der Waals surface area (Å²) in [5, 5.41) is 0. The molecule has 0 fully saturated rings. The van der Waals surface area contributed by atoms with Crippen LogP contribution >= 0.6 is 0 Å². The van der Waals surface area contributed by atoms with Gasteiger partial charge >= 0.3 is 0 Å². The first-order valence-corrected chi connectivity index (χ1v) is 8.81. The average molecular weight is 345 g/mol. The summed E-state index contributed by atoms with van der Waals surface area (Å²) in [5.74, 6) is -0.767. The summed E-state index contributed by atoms with van der Waals surface area (Å²) in [5.41, 5.74) is 1.79. The topological polar surface area (TPSA) is 64.0 Å². The number of nitrogens with zero attached hydrogens (tertiary/aromatic N) is 2. The molecular weight excluding hydrogens is 329 g/mol. The second-order valence-corrected chi connectivity index (χ2v) is 6.99. The molecule has 7 heteroatoms. The highest BCUT2D eigenvalue weighted by atomic mass is 32.2. The van der Waals surface area contributed by atoms with E-state index in [0.29, 0.717) is 6.54 Å². The van der Waals surface area contributed by atoms with Crippen molar-refractivity contribution >= 4 is 10.0 Å². The fourth-order valence-electron chi connectivity index (χ4n) is 2.37. The Morgan fingerprint density at radius 3 is 2.46 bits per heavy atom. The van der Waals surface area contributed by atoms with E-state index in [1.54, 1.807) is 12.5 Å². The maximum Gasteiger partial charge on any atom is 0.243 e. The molecular formula is C17H16FN3O2S. The van der Waals surface area contributed by atoms with E-state index in [-0.39, 0.29) is 11.4 Å². The third kappa shape index (κ3) is 3.69. The van der Waals surface area contributed by atoms with Gasteiger partial charge in [-0.15, -0.1) is 0 Å². The Labute approximate surface area is 139 Å². The summed E-state index contributed by atoms with van der Waals surface area (Å²) in [4.78, 5) is 3.64. The highest BCUT2D eigenvalue weighted by Gasteiger charge is 2.18. The summed E-state index contributed by atoms with van der Waals surface area (Å²) in [6.45, 7) is 0.666. The Morgan fingerprint density at radius 2 is 1.75 bits per heavy atom. The van der Waals surface area contributed by atoms with Crippen molar-refractivity contribution in [3.8, 4) is 0 Å². The number of hydrogen-bond donors (Lipinski definition) is 1. The first-order chi connectivity index (χ1) is 11.6. The predicted octanol–water partition coefficient (Wildman–Crippen LogP) is 2.55. The summed E-state index contributed by atoms with van der Waals surface area (Å²) in [6.07, 6.45) is 5.21. The lowest BCUT2D eigenvalue weighted by Crippen LogP contribution is -2.24. The molecule has 0 atom stereocenters. The molecule has 0 aliphatic rings. The van der Waals surface area contributed by atoms with Crippen LogP contribution in [0, 0.1) is 5.82 Å². The zero-order valence-electron chi connectivity index (χ0n) is 12.8. The summed E-state index contributed by atoms with van der Waals surface area (Å²) in [6, 6.07) is 12.8. The molecule has 0 aliphatic carbocycles. The van der Waals surface area contributed by atoms with Gasteiger partial charge in [0.05, 0.1) is 6.33 Å². The van der Waals surface area contributed by atoms with E-state index in [2.05, 4.69) is 9.71 Å². The number of halogens is 1. The fraction of sp³-hybridized carbons (Fsp3) is 0.118. The fourth-order valence-corrected chi connectivity index (χ4v) is 3.46. The van der Waals surface area contributed by atoms with Crippen LogP contribution in [0.3, 0.4) is 0 Å². The van der Waals surface area contributed by atoms with Crippen LogP contribution in [-0.2, 0) is 23.1 Å². The minimum absolute atomic E-state index is 0.0849. The third-order valence-electron chi connectivity index (χ3n) is 3.61. The second kappa shape index (κ2) is 6.94. The molecule has 1 N–H and O–H groups in total. The highest BCUT2D eigenvalue weighted by molar-refractivity contribution is 7.89. The van der Waals surface area contributed by atoms with Gasteiger partial charge in [-0.1, -0.05) is 36.4 Å². The molecule has 1 aromatic heterocycles. The molecule has 0 amide bonds. The lowest BCUT2D eigenvalue weighted by Gasteiger charge is -2.12. The summed E-state index contributed by atoms with van der Waals surface area (Å²) < 4.78 is 42.6. The number of imidazole rings is 1. The predicted molar refractivity (Wildman–Crippen MR) is 88.2 cm³/mol. The molecule has 124 valence electrons. The second-order valence-electron chi connectivity index (χ2n) is 5.26. The van der Waals surface area contributed by atoms with E-state index in [9.17, 15) is 12.8 Å². The van der Waals surface area contributed by atoms with Crippen LogP contribution in [0.1, 0.15) is 11.1 Å². The maximum absolute atomic E-state index is 13.7. The molecule has 0 saturated heterocycles. The quantitative estimate of drug-likeness (QED) is 0.747. The van der Waals surface area contributed by atoms with Crippen LogP contribution in [0.5, 0.6) is 0 Å². The lowest BCUT2D eigenvalue weighted by atomic mass is 10.1. The summed E-state index contributed by atoms with van der Waals surface area (Å²) >= 11 is 0. The van der Waals surface area contributed by atoms with Gasteiger partial charge in [0.2, 0.25) is 10.0 Å². The molecule has 3 rings (SSSR count). The number of sulfonamides is 1. The Hall–Kier alpha value is -2.51. The molecule has 0 spiro atoms. The smallest absolute Gasteiger partial charge is 0.243 e. The van der Waals surface area contributed by atoms with Crippen molar-refractivity contribution in [3.63, 3.8) is 0 Å². The molecule has 0 aliphatic heterocycles. The maximum atomic E-state index is 13.7. The normalized spacial score (nSPS) is 11.5. The largest absolute Gasteiger partial charge is 0.333 e. The van der Waals surface area contributed by atoms with Crippen LogP contribution in [0.15, 0.2) is 72.1 Å². The molecule has 1 heterocycles. The van der Waals surface area contributed by atoms with Crippen molar-refractivity contribution < 1.29 is 12.8 Å². The number of benzene rings is 2. The van der Waals surface area contributed by atoms with E-state index < -0.39 is 15.8 Å². The average Bonchev–Trinajstić information content (AvgIpc) is 3.07. The zero-order valence-corrected chi connectivity index (χ0v) is 13.6. The first kappa shape index (κ1) is 16.4. The van der Waals surface area contributed by atoms with E-state index in [1.807, 2.05) is 35.0 Å². The number of nitrogens with one attached hydrogen (secondary N) is 1. The standard InChI is InChI=1S/C17H16FN3O2S/c18-16-7-3-4-8-17(16)24(22,23)20-11-14-5-1-2-6-15(14)12-21-10-9-19-13-21/h1-10,13,20H,11-12H2. The highest BCUT2D eigenvalue weighted by Crippen LogP contribution is 2.15. The van der Waals surface area contributed by atoms with Gasteiger partial charge in [-0.25, -0.2) is 22.5 Å². The van der Waals surface area contributed by atoms with Crippen molar-refractivity contribution in [1.29, 1.82) is 0 Å². The monoisotopic (exact) mass is 345 g/mol. The molecule has 0 unspecified atom stereocenters. The zero-order chi connectivity index (χ0) is 17.0. The molecule has 24 heavy (non-hydrogen) atoms. The van der Waals surface area contributed by atoms with Gasteiger partial charge in [-0.3, -0.25) is 0 Å². The van der Waals surface area contributed by atoms with Crippen LogP contribution in [0.4, 0.5) is 4.39 Å². The molecule has 0 bridgehead atoms. The van der Waals surface area contributed by atoms with Gasteiger partial charge in [-0.2, -0.15) is 0 Å². The van der Waals surface area contributed by atoms with E-state index in [1.165, 1.54) is 18.2 Å². The van der Waals surface area contributed by atoms with Crippen LogP contribution < -0.4 is 4.72 Å². The van der Waals surface area contributed by atoms with Crippen molar-refractivity contribution in [3.05, 3.63) is 84.2 Å². The number of hydrogen-bond acceptors (Lipinski definition) is 3. The first-order valence-electron chi connectivity index (χ1n) is 7.33.